The molecule has 0 radical (unpaired) electrons. The normalized spacial score (nSPS) is 13.5. The largest absolute Gasteiger partial charge is 0.349 e. The van der Waals surface area contributed by atoms with Crippen LogP contribution in [-0.4, -0.2) is 17.7 Å². The molecule has 3 aromatic carbocycles. The molecule has 3 amide bonds. The third-order valence-electron chi connectivity index (χ3n) is 4.97. The monoisotopic (exact) mass is 591 g/mol. The number of hydrogen-bond acceptors (Lipinski definition) is 4. The number of rotatable bonds is 5. The molecule has 166 valence electrons. The van der Waals surface area contributed by atoms with Gasteiger partial charge < -0.3 is 10.6 Å². The number of carbonyl (C=O) groups is 3. The summed E-state index contributed by atoms with van der Waals surface area (Å²) >= 11 is 14.3. The van der Waals surface area contributed by atoms with Gasteiger partial charge in [0.15, 0.2) is 0 Å². The van der Waals surface area contributed by atoms with Gasteiger partial charge in [0.1, 0.15) is 10.7 Å². The second-order valence-corrected chi connectivity index (χ2v) is 9.29. The number of carbonyl (C=O) groups excluding carboxylic acids is 3. The third-order valence-corrected chi connectivity index (χ3v) is 6.30. The summed E-state index contributed by atoms with van der Waals surface area (Å²) in [5, 5.41) is 6.03. The van der Waals surface area contributed by atoms with Crippen LogP contribution >= 0.6 is 45.8 Å². The number of anilines is 3. The van der Waals surface area contributed by atoms with Crippen LogP contribution in [0.15, 0.2) is 77.5 Å². The molecule has 0 atom stereocenters. The highest BCUT2D eigenvalue weighted by Crippen LogP contribution is 2.31. The first-order valence-corrected chi connectivity index (χ1v) is 11.6. The van der Waals surface area contributed by atoms with E-state index in [1.807, 2.05) is 31.2 Å². The number of imide groups is 1. The average molecular weight is 592 g/mol. The topological polar surface area (TPSA) is 78.5 Å². The van der Waals surface area contributed by atoms with Crippen LogP contribution in [0.1, 0.15) is 15.9 Å². The summed E-state index contributed by atoms with van der Waals surface area (Å²) in [7, 11) is 0. The van der Waals surface area contributed by atoms with Gasteiger partial charge in [0.25, 0.3) is 17.7 Å². The van der Waals surface area contributed by atoms with Crippen molar-refractivity contribution in [3.8, 4) is 0 Å². The van der Waals surface area contributed by atoms with Crippen molar-refractivity contribution in [3.63, 3.8) is 0 Å². The van der Waals surface area contributed by atoms with E-state index in [-0.39, 0.29) is 16.6 Å². The molecule has 1 aliphatic rings. The SMILES string of the molecule is Cc1ccc(C(=O)Nc2ccc(I)cc2)cc1NC1=C(Cl)C(=O)N(c2ccc(Cl)cc2)C1=O. The molecular formula is C24H16Cl2IN3O3. The second kappa shape index (κ2) is 9.54. The van der Waals surface area contributed by atoms with Crippen molar-refractivity contribution >= 4 is 80.6 Å². The first-order valence-electron chi connectivity index (χ1n) is 9.73. The number of benzene rings is 3. The maximum atomic E-state index is 13.0. The molecule has 0 saturated heterocycles. The third kappa shape index (κ3) is 4.90. The molecule has 0 bridgehead atoms. The van der Waals surface area contributed by atoms with E-state index in [0.717, 1.165) is 14.0 Å². The van der Waals surface area contributed by atoms with E-state index >= 15 is 0 Å². The average Bonchev–Trinajstić information content (AvgIpc) is 3.00. The number of nitrogens with zero attached hydrogens (tertiary/aromatic N) is 1. The Hall–Kier alpha value is -2.88. The Morgan fingerprint density at radius 1 is 0.909 bits per heavy atom. The van der Waals surface area contributed by atoms with Gasteiger partial charge in [0, 0.05) is 25.5 Å². The van der Waals surface area contributed by atoms with Crippen molar-refractivity contribution in [2.45, 2.75) is 6.92 Å². The van der Waals surface area contributed by atoms with E-state index in [0.29, 0.717) is 27.6 Å². The highest BCUT2D eigenvalue weighted by atomic mass is 127. The maximum Gasteiger partial charge on any atom is 0.283 e. The Labute approximate surface area is 213 Å². The fourth-order valence-electron chi connectivity index (χ4n) is 3.21. The predicted molar refractivity (Wildman–Crippen MR) is 139 cm³/mol. The van der Waals surface area contributed by atoms with Crippen LogP contribution in [0.3, 0.4) is 0 Å². The molecule has 4 rings (SSSR count). The maximum absolute atomic E-state index is 13.0. The molecule has 1 heterocycles. The van der Waals surface area contributed by atoms with Gasteiger partial charge >= 0.3 is 0 Å². The van der Waals surface area contributed by atoms with Gasteiger partial charge in [-0.15, -0.1) is 0 Å². The van der Waals surface area contributed by atoms with Gasteiger partial charge in [-0.3, -0.25) is 14.4 Å². The number of aryl methyl sites for hydroxylation is 1. The molecule has 0 spiro atoms. The summed E-state index contributed by atoms with van der Waals surface area (Å²) in [4.78, 5) is 39.4. The summed E-state index contributed by atoms with van der Waals surface area (Å²) in [6, 6.07) is 18.7. The molecule has 0 aliphatic carbocycles. The Morgan fingerprint density at radius 3 is 2.24 bits per heavy atom. The van der Waals surface area contributed by atoms with E-state index in [4.69, 9.17) is 23.2 Å². The van der Waals surface area contributed by atoms with Gasteiger partial charge in [-0.25, -0.2) is 4.90 Å². The van der Waals surface area contributed by atoms with E-state index < -0.39 is 11.8 Å². The predicted octanol–water partition coefficient (Wildman–Crippen LogP) is 5.94. The number of hydrogen-bond donors (Lipinski definition) is 2. The van der Waals surface area contributed by atoms with Gasteiger partial charge in [0.2, 0.25) is 0 Å². The summed E-state index contributed by atoms with van der Waals surface area (Å²) in [5.41, 5.74) is 2.59. The van der Waals surface area contributed by atoms with Crippen LogP contribution in [0, 0.1) is 10.5 Å². The lowest BCUT2D eigenvalue weighted by molar-refractivity contribution is -0.120. The van der Waals surface area contributed by atoms with Gasteiger partial charge in [-0.2, -0.15) is 0 Å². The second-order valence-electron chi connectivity index (χ2n) is 7.23. The zero-order valence-electron chi connectivity index (χ0n) is 17.2. The van der Waals surface area contributed by atoms with E-state index in [2.05, 4.69) is 33.2 Å². The zero-order chi connectivity index (χ0) is 23.7. The van der Waals surface area contributed by atoms with Crippen molar-refractivity contribution in [1.29, 1.82) is 0 Å². The van der Waals surface area contributed by atoms with Crippen LogP contribution in [0.5, 0.6) is 0 Å². The van der Waals surface area contributed by atoms with Crippen molar-refractivity contribution in [2.24, 2.45) is 0 Å². The molecular weight excluding hydrogens is 576 g/mol. The Kier molecular flexibility index (Phi) is 6.73. The Bertz CT molecular complexity index is 1310. The van der Waals surface area contributed by atoms with Crippen molar-refractivity contribution in [3.05, 3.63) is 97.2 Å². The van der Waals surface area contributed by atoms with Crippen LogP contribution in [0.25, 0.3) is 0 Å². The molecule has 0 unspecified atom stereocenters. The summed E-state index contributed by atoms with van der Waals surface area (Å²) in [5.74, 6) is -1.55. The van der Waals surface area contributed by atoms with Crippen molar-refractivity contribution in [2.75, 3.05) is 15.5 Å². The fourth-order valence-corrected chi connectivity index (χ4v) is 3.90. The van der Waals surface area contributed by atoms with Crippen LogP contribution in [0.4, 0.5) is 17.1 Å². The molecule has 33 heavy (non-hydrogen) atoms. The molecule has 0 saturated carbocycles. The lowest BCUT2D eigenvalue weighted by Gasteiger charge is -2.16. The smallest absolute Gasteiger partial charge is 0.283 e. The van der Waals surface area contributed by atoms with E-state index in [1.54, 1.807) is 42.5 Å². The van der Waals surface area contributed by atoms with Crippen LogP contribution < -0.4 is 15.5 Å². The lowest BCUT2D eigenvalue weighted by atomic mass is 10.1. The molecule has 2 N–H and O–H groups in total. The minimum atomic E-state index is -0.642. The first kappa shape index (κ1) is 23.3. The van der Waals surface area contributed by atoms with E-state index in [1.165, 1.54) is 0 Å². The van der Waals surface area contributed by atoms with Crippen molar-refractivity contribution in [1.82, 2.24) is 0 Å². The molecule has 9 heteroatoms. The molecule has 3 aromatic rings. The van der Waals surface area contributed by atoms with Crippen LogP contribution in [0.2, 0.25) is 5.02 Å². The summed E-state index contributed by atoms with van der Waals surface area (Å²) in [6.45, 7) is 1.82. The summed E-state index contributed by atoms with van der Waals surface area (Å²) < 4.78 is 1.06. The highest BCUT2D eigenvalue weighted by molar-refractivity contribution is 14.1. The van der Waals surface area contributed by atoms with Gasteiger partial charge in [0.05, 0.1) is 5.69 Å². The number of halogens is 3. The van der Waals surface area contributed by atoms with Gasteiger partial charge in [-0.05, 0) is 95.7 Å². The Morgan fingerprint density at radius 2 is 1.58 bits per heavy atom. The van der Waals surface area contributed by atoms with Crippen molar-refractivity contribution < 1.29 is 14.4 Å². The summed E-state index contributed by atoms with van der Waals surface area (Å²) in [6.07, 6.45) is 0. The highest BCUT2D eigenvalue weighted by Gasteiger charge is 2.39. The molecule has 0 fully saturated rings. The number of nitrogens with one attached hydrogen (secondary N) is 2. The standard InChI is InChI=1S/C24H16Cl2IN3O3/c1-13-2-3-14(22(31)28-17-8-6-16(27)7-9-17)12-19(13)29-21-20(26)23(32)30(24(21)33)18-10-4-15(25)5-11-18/h2-12,29H,1H3,(H,28,31). The van der Waals surface area contributed by atoms with Crippen LogP contribution in [-0.2, 0) is 9.59 Å². The molecule has 1 aliphatic heterocycles. The zero-order valence-corrected chi connectivity index (χ0v) is 20.8. The quantitative estimate of drug-likeness (QED) is 0.284. The Balaban J connectivity index is 1.57. The molecule has 6 nitrogen and oxygen atoms in total. The molecule has 0 aromatic heterocycles. The number of amides is 3. The van der Waals surface area contributed by atoms with E-state index in [9.17, 15) is 14.4 Å². The lowest BCUT2D eigenvalue weighted by Crippen LogP contribution is -2.32. The minimum Gasteiger partial charge on any atom is -0.349 e. The minimum absolute atomic E-state index is 0.0603. The van der Waals surface area contributed by atoms with Gasteiger partial charge in [-0.1, -0.05) is 29.3 Å². The fraction of sp³-hybridized carbons (Fsp3) is 0.0417. The first-order chi connectivity index (χ1) is 15.7.